The molecule has 0 nitrogen and oxygen atoms in total. The lowest BCUT2D eigenvalue weighted by Gasteiger charge is -2.26. The van der Waals surface area contributed by atoms with E-state index in [1.807, 2.05) is 66.8 Å². The Hall–Kier alpha value is -6.57. The lowest BCUT2D eigenvalue weighted by Crippen LogP contribution is -2.15. The van der Waals surface area contributed by atoms with Gasteiger partial charge in [-0.1, -0.05) is 251 Å². The molecule has 0 unspecified atom stereocenters. The second kappa shape index (κ2) is 27.6. The smallest absolute Gasteiger partial charge is 0.133 e. The number of hydrogen-bond acceptors (Lipinski definition) is 0. The van der Waals surface area contributed by atoms with E-state index in [2.05, 4.69) is 190 Å². The van der Waals surface area contributed by atoms with E-state index in [9.17, 15) is 4.39 Å². The Morgan fingerprint density at radius 1 is 0.743 bits per heavy atom. The van der Waals surface area contributed by atoms with Crippen LogP contribution in [0, 0.1) is 45.3 Å². The van der Waals surface area contributed by atoms with Crippen molar-refractivity contribution in [2.24, 2.45) is 11.8 Å². The Kier molecular flexibility index (Phi) is 22.4. The van der Waals surface area contributed by atoms with E-state index >= 15 is 0 Å². The minimum Gasteiger partial charge on any atom is -0.206 e. The van der Waals surface area contributed by atoms with Gasteiger partial charge in [-0.05, 0) is 180 Å². The van der Waals surface area contributed by atoms with Crippen molar-refractivity contribution in [1.29, 1.82) is 0 Å². The predicted molar refractivity (Wildman–Crippen MR) is 328 cm³/mol. The molecular weight excluding hydrogens is 896 g/mol. The van der Waals surface area contributed by atoms with Crippen LogP contribution in [0.3, 0.4) is 0 Å². The third kappa shape index (κ3) is 15.3. The molecule has 0 N–H and O–H groups in total. The summed E-state index contributed by atoms with van der Waals surface area (Å²) < 4.78 is 13.7. The number of aryl methyl sites for hydroxylation is 4. The zero-order valence-electron chi connectivity index (χ0n) is 48.0. The van der Waals surface area contributed by atoms with Crippen molar-refractivity contribution in [1.82, 2.24) is 0 Å². The van der Waals surface area contributed by atoms with Crippen LogP contribution in [0.1, 0.15) is 151 Å². The Bertz CT molecular complexity index is 2920. The largest absolute Gasteiger partial charge is 0.206 e. The molecule has 0 aliphatic heterocycles. The fourth-order valence-electron chi connectivity index (χ4n) is 9.90. The molecule has 0 spiro atoms. The summed E-state index contributed by atoms with van der Waals surface area (Å²) in [5, 5.41) is 0. The van der Waals surface area contributed by atoms with Crippen LogP contribution >= 0.6 is 0 Å². The number of rotatable bonds is 11. The molecule has 5 aromatic rings. The molecule has 1 saturated carbocycles. The van der Waals surface area contributed by atoms with E-state index < -0.39 is 0 Å². The van der Waals surface area contributed by atoms with Crippen LogP contribution in [-0.4, -0.2) is 0 Å². The SMILES string of the molecule is C=C/C(C)=C(\C=C/C)C1=C(C2CC2)C(C(C)C)=CCC1.C=C/C=C(\C=C)CC.C=Cc1c(C)cc2c(c1C=C)-c1ccc(C)cc1C2(C)C.Cc1ccc(C(C)(C)C)cc1.Cc1cccc(-c2ccccc2)c1F. The first-order valence-electron chi connectivity index (χ1n) is 26.9. The monoisotopic (exact) mass is 985 g/mol. The molecule has 3 aliphatic rings. The van der Waals surface area contributed by atoms with Gasteiger partial charge in [0, 0.05) is 11.0 Å². The molecule has 0 saturated heterocycles. The van der Waals surface area contributed by atoms with Gasteiger partial charge in [0.1, 0.15) is 5.82 Å². The van der Waals surface area contributed by atoms with Gasteiger partial charge in [-0.15, -0.1) is 0 Å². The molecule has 0 heterocycles. The molecule has 388 valence electrons. The highest BCUT2D eigenvalue weighted by molar-refractivity contribution is 5.91. The average molecular weight is 986 g/mol. The molecular formula is C73H89F. The van der Waals surface area contributed by atoms with Crippen LogP contribution in [-0.2, 0) is 10.8 Å². The second-order valence-electron chi connectivity index (χ2n) is 21.8. The third-order valence-corrected chi connectivity index (χ3v) is 14.4. The van der Waals surface area contributed by atoms with E-state index in [4.69, 9.17) is 0 Å². The summed E-state index contributed by atoms with van der Waals surface area (Å²) in [6.45, 7) is 49.8. The maximum atomic E-state index is 13.7. The molecule has 0 atom stereocenters. The normalized spacial score (nSPS) is 14.7. The van der Waals surface area contributed by atoms with E-state index in [1.54, 1.807) is 41.9 Å². The summed E-state index contributed by atoms with van der Waals surface area (Å²) in [6.07, 6.45) is 24.6. The highest BCUT2D eigenvalue weighted by Gasteiger charge is 2.37. The minimum absolute atomic E-state index is 0.0406. The van der Waals surface area contributed by atoms with Crippen molar-refractivity contribution in [3.8, 4) is 22.3 Å². The fraction of sp³-hybridized carbons (Fsp3) is 0.315. The highest BCUT2D eigenvalue weighted by atomic mass is 19.1. The van der Waals surface area contributed by atoms with Crippen molar-refractivity contribution in [3.63, 3.8) is 0 Å². The first-order chi connectivity index (χ1) is 35.1. The third-order valence-electron chi connectivity index (χ3n) is 14.4. The summed E-state index contributed by atoms with van der Waals surface area (Å²) in [5.41, 5.74) is 24.7. The van der Waals surface area contributed by atoms with E-state index in [0.29, 0.717) is 17.0 Å². The molecule has 8 rings (SSSR count). The van der Waals surface area contributed by atoms with Crippen molar-refractivity contribution < 1.29 is 4.39 Å². The number of hydrogen-bond donors (Lipinski definition) is 0. The Morgan fingerprint density at radius 3 is 1.89 bits per heavy atom. The molecule has 0 bridgehead atoms. The van der Waals surface area contributed by atoms with Crippen LogP contribution in [0.5, 0.6) is 0 Å². The topological polar surface area (TPSA) is 0 Å². The van der Waals surface area contributed by atoms with Gasteiger partial charge in [0.25, 0.3) is 0 Å². The number of allylic oxidation sites excluding steroid dienone is 13. The van der Waals surface area contributed by atoms with Crippen LogP contribution in [0.15, 0.2) is 206 Å². The first kappa shape index (κ1) is 60.0. The maximum Gasteiger partial charge on any atom is 0.133 e. The summed E-state index contributed by atoms with van der Waals surface area (Å²) in [4.78, 5) is 0. The van der Waals surface area contributed by atoms with Crippen LogP contribution < -0.4 is 0 Å². The molecule has 5 aromatic carbocycles. The zero-order valence-corrected chi connectivity index (χ0v) is 48.0. The van der Waals surface area contributed by atoms with Gasteiger partial charge in [0.05, 0.1) is 0 Å². The van der Waals surface area contributed by atoms with Crippen molar-refractivity contribution in [2.75, 3.05) is 0 Å². The average Bonchev–Trinajstić information content (AvgIpc) is 4.21. The Morgan fingerprint density at radius 2 is 1.38 bits per heavy atom. The minimum atomic E-state index is -0.126. The van der Waals surface area contributed by atoms with Crippen LogP contribution in [0.4, 0.5) is 4.39 Å². The molecule has 74 heavy (non-hydrogen) atoms. The second-order valence-corrected chi connectivity index (χ2v) is 21.8. The number of fused-ring (bicyclic) bond motifs is 3. The molecule has 0 radical (unpaired) electrons. The standard InChI is InChI=1S/C21H22.C20H28.C13H11F.C11H16.C8H12/c1-7-15-14(4)12-19-20(16(15)8-2)17-10-9-13(3)11-18(17)21(19,5)6;1-6-9-18(15(5)7-2)19-11-8-10-17(14(3)4)20(19)16-12-13-16;1-10-6-5-9-12(13(10)14)11-7-3-2-4-8-11;1-9-5-7-10(8-6-9)11(2,3)4;1-4-7-8(5-2)6-3/h7-12H,1-2H2,3-6H3;6-7,9-10,14,16H,2,8,11-13H2,1,3-5H3;2-9H,1H3;5-8H,1-4H3;4-5,7H,1-2,6H2,3H3/b;9-6-,18-15+;;;8-7+. The van der Waals surface area contributed by atoms with Gasteiger partial charge >= 0.3 is 0 Å². The van der Waals surface area contributed by atoms with Crippen LogP contribution in [0.2, 0.25) is 0 Å². The predicted octanol–water partition coefficient (Wildman–Crippen LogP) is 21.8. The number of halogens is 1. The van der Waals surface area contributed by atoms with Gasteiger partial charge in [-0.2, -0.15) is 0 Å². The van der Waals surface area contributed by atoms with Crippen molar-refractivity contribution in [3.05, 3.63) is 262 Å². The molecule has 0 amide bonds. The zero-order chi connectivity index (χ0) is 54.9. The molecule has 0 aromatic heterocycles. The van der Waals surface area contributed by atoms with Gasteiger partial charge < -0.3 is 0 Å². The first-order valence-corrected chi connectivity index (χ1v) is 26.9. The van der Waals surface area contributed by atoms with E-state index in [0.717, 1.165) is 17.9 Å². The van der Waals surface area contributed by atoms with Gasteiger partial charge in [0.15, 0.2) is 0 Å². The lowest BCUT2D eigenvalue weighted by molar-refractivity contribution is 0.590. The van der Waals surface area contributed by atoms with Gasteiger partial charge in [0.2, 0.25) is 0 Å². The molecule has 1 fully saturated rings. The van der Waals surface area contributed by atoms with Crippen molar-refractivity contribution >= 4 is 12.2 Å². The quantitative estimate of drug-likeness (QED) is 0.116. The summed E-state index contributed by atoms with van der Waals surface area (Å²) in [5.74, 6) is 1.33. The van der Waals surface area contributed by atoms with Gasteiger partial charge in [-0.25, -0.2) is 4.39 Å². The summed E-state index contributed by atoms with van der Waals surface area (Å²) >= 11 is 0. The fourth-order valence-corrected chi connectivity index (χ4v) is 9.90. The number of benzene rings is 5. The van der Waals surface area contributed by atoms with E-state index in [-0.39, 0.29) is 16.6 Å². The van der Waals surface area contributed by atoms with Gasteiger partial charge in [-0.3, -0.25) is 0 Å². The Balaban J connectivity index is 0.000000208. The lowest BCUT2D eigenvalue weighted by atomic mass is 9.79. The van der Waals surface area contributed by atoms with Crippen molar-refractivity contribution in [2.45, 2.75) is 140 Å². The molecule has 3 aliphatic carbocycles. The summed E-state index contributed by atoms with van der Waals surface area (Å²) in [7, 11) is 0. The van der Waals surface area contributed by atoms with Crippen LogP contribution in [0.25, 0.3) is 34.4 Å². The molecule has 1 heteroatoms. The summed E-state index contributed by atoms with van der Waals surface area (Å²) in [6, 6.07) is 32.9. The highest BCUT2D eigenvalue weighted by Crippen LogP contribution is 2.52. The Labute approximate surface area is 450 Å². The maximum absolute atomic E-state index is 13.7. The van der Waals surface area contributed by atoms with E-state index in [1.165, 1.54) is 98.0 Å².